The van der Waals surface area contributed by atoms with Gasteiger partial charge in [-0.25, -0.2) is 14.4 Å². The van der Waals surface area contributed by atoms with Gasteiger partial charge >= 0.3 is 0 Å². The van der Waals surface area contributed by atoms with Crippen molar-refractivity contribution in [1.82, 2.24) is 35.1 Å². The smallest absolute Gasteiger partial charge is 0.224 e. The minimum Gasteiger partial charge on any atom is -0.335 e. The van der Waals surface area contributed by atoms with E-state index >= 15 is 4.39 Å². The van der Waals surface area contributed by atoms with E-state index in [1.807, 2.05) is 51.1 Å². The van der Waals surface area contributed by atoms with E-state index in [9.17, 15) is 4.79 Å². The molecule has 39 heavy (non-hydrogen) atoms. The van der Waals surface area contributed by atoms with Gasteiger partial charge in [0.25, 0.3) is 0 Å². The molecular weight excluding hydrogens is 495 g/mol. The Morgan fingerprint density at radius 3 is 2.69 bits per heavy atom. The van der Waals surface area contributed by atoms with Crippen molar-refractivity contribution in [3.8, 4) is 33.9 Å². The predicted molar refractivity (Wildman–Crippen MR) is 148 cm³/mol. The van der Waals surface area contributed by atoms with E-state index < -0.39 is 5.82 Å². The molecule has 5 aromatic heterocycles. The van der Waals surface area contributed by atoms with Crippen molar-refractivity contribution in [2.45, 2.75) is 27.2 Å². The molecule has 0 aliphatic carbocycles. The van der Waals surface area contributed by atoms with Crippen LogP contribution in [0.15, 0.2) is 67.3 Å². The highest BCUT2D eigenvalue weighted by atomic mass is 19.1. The highest BCUT2D eigenvalue weighted by Gasteiger charge is 2.19. The minimum atomic E-state index is -0.490. The van der Waals surface area contributed by atoms with Crippen LogP contribution in [-0.2, 0) is 4.79 Å². The first-order valence-corrected chi connectivity index (χ1v) is 12.4. The first kappa shape index (κ1) is 24.4. The number of amides is 1. The fraction of sp³-hybridized carbons (Fsp3) is 0.172. The quantitative estimate of drug-likeness (QED) is 0.251. The Labute approximate surface area is 223 Å². The second kappa shape index (κ2) is 9.39. The summed E-state index contributed by atoms with van der Waals surface area (Å²) in [6.07, 6.45) is 6.98. The number of imidazole rings is 1. The number of nitrogens with zero attached hydrogens (tertiary/aromatic N) is 5. The lowest BCUT2D eigenvalue weighted by molar-refractivity contribution is -0.117. The number of rotatable bonds is 5. The van der Waals surface area contributed by atoms with Gasteiger partial charge in [-0.15, -0.1) is 0 Å². The van der Waals surface area contributed by atoms with Crippen molar-refractivity contribution < 1.29 is 9.18 Å². The van der Waals surface area contributed by atoms with Crippen molar-refractivity contribution in [3.63, 3.8) is 0 Å². The van der Waals surface area contributed by atoms with Crippen molar-refractivity contribution in [2.75, 3.05) is 5.32 Å². The van der Waals surface area contributed by atoms with E-state index in [1.54, 1.807) is 30.9 Å². The molecule has 0 saturated heterocycles. The number of fused-ring (bicyclic) bond motifs is 2. The number of hydrogen-bond acceptors (Lipinski definition) is 6. The van der Waals surface area contributed by atoms with E-state index in [1.165, 1.54) is 6.07 Å². The van der Waals surface area contributed by atoms with Crippen LogP contribution >= 0.6 is 0 Å². The largest absolute Gasteiger partial charge is 0.335 e. The lowest BCUT2D eigenvalue weighted by atomic mass is 9.92. The Balaban J connectivity index is 1.40. The summed E-state index contributed by atoms with van der Waals surface area (Å²) in [4.78, 5) is 33.5. The molecule has 9 nitrogen and oxygen atoms in total. The van der Waals surface area contributed by atoms with Crippen molar-refractivity contribution in [2.24, 2.45) is 5.41 Å². The van der Waals surface area contributed by atoms with Crippen LogP contribution in [0.25, 0.3) is 56.0 Å². The van der Waals surface area contributed by atoms with Crippen LogP contribution in [0.1, 0.15) is 27.2 Å². The number of aromatic amines is 2. The summed E-state index contributed by atoms with van der Waals surface area (Å²) in [5.74, 6) is -0.124. The fourth-order valence-corrected chi connectivity index (χ4v) is 4.54. The molecule has 0 saturated carbocycles. The number of pyridine rings is 3. The van der Waals surface area contributed by atoms with Crippen LogP contribution in [-0.4, -0.2) is 41.0 Å². The maximum Gasteiger partial charge on any atom is 0.224 e. The number of halogens is 1. The van der Waals surface area contributed by atoms with Crippen molar-refractivity contribution in [1.29, 1.82) is 0 Å². The third kappa shape index (κ3) is 4.84. The van der Waals surface area contributed by atoms with Gasteiger partial charge in [-0.05, 0) is 47.4 Å². The zero-order valence-corrected chi connectivity index (χ0v) is 21.6. The number of hydrogen-bond donors (Lipinski definition) is 3. The summed E-state index contributed by atoms with van der Waals surface area (Å²) in [6, 6.07) is 12.6. The Morgan fingerprint density at radius 1 is 1.03 bits per heavy atom. The van der Waals surface area contributed by atoms with E-state index in [4.69, 9.17) is 0 Å². The summed E-state index contributed by atoms with van der Waals surface area (Å²) in [5.41, 5.74) is 5.21. The molecule has 0 bridgehead atoms. The van der Waals surface area contributed by atoms with Crippen molar-refractivity contribution in [3.05, 3.63) is 73.1 Å². The highest BCUT2D eigenvalue weighted by Crippen LogP contribution is 2.34. The van der Waals surface area contributed by atoms with Crippen LogP contribution in [0.4, 0.5) is 10.1 Å². The number of benzene rings is 1. The van der Waals surface area contributed by atoms with E-state index in [0.717, 1.165) is 11.3 Å². The molecule has 0 fully saturated rings. The maximum atomic E-state index is 15.2. The number of carbonyl (C=O) groups is 1. The lowest BCUT2D eigenvalue weighted by Gasteiger charge is -2.17. The SMILES string of the molecule is CC(C)(C)CC(=O)Nc1cncc(-c2cc(F)c3n[nH]c(-c4nc5nccc(-c6ccccn6)c5[nH]4)c3c2)c1. The highest BCUT2D eigenvalue weighted by molar-refractivity contribution is 5.98. The van der Waals surface area contributed by atoms with Crippen LogP contribution in [0.3, 0.4) is 0 Å². The lowest BCUT2D eigenvalue weighted by Crippen LogP contribution is -2.19. The van der Waals surface area contributed by atoms with Gasteiger partial charge in [-0.1, -0.05) is 26.8 Å². The van der Waals surface area contributed by atoms with Gasteiger partial charge in [0.1, 0.15) is 11.2 Å². The van der Waals surface area contributed by atoms with Gasteiger partial charge in [0, 0.05) is 41.5 Å². The molecular formula is C29H25FN8O. The third-order valence-electron chi connectivity index (χ3n) is 6.23. The molecule has 0 aliphatic heterocycles. The van der Waals surface area contributed by atoms with E-state index in [0.29, 0.717) is 51.3 Å². The Hall–Kier alpha value is -4.99. The second-order valence-corrected chi connectivity index (χ2v) is 10.6. The zero-order valence-electron chi connectivity index (χ0n) is 21.6. The maximum absolute atomic E-state index is 15.2. The van der Waals surface area contributed by atoms with E-state index in [-0.39, 0.29) is 16.8 Å². The molecule has 194 valence electrons. The van der Waals surface area contributed by atoms with Crippen LogP contribution in [0.5, 0.6) is 0 Å². The Kier molecular flexibility index (Phi) is 5.86. The molecule has 6 aromatic rings. The Bertz CT molecular complexity index is 1840. The molecule has 6 rings (SSSR count). The molecule has 0 spiro atoms. The number of nitrogens with one attached hydrogen (secondary N) is 3. The molecule has 10 heteroatoms. The molecule has 0 unspecified atom stereocenters. The minimum absolute atomic E-state index is 0.108. The normalized spacial score (nSPS) is 11.8. The fourth-order valence-electron chi connectivity index (χ4n) is 4.54. The monoisotopic (exact) mass is 520 g/mol. The third-order valence-corrected chi connectivity index (χ3v) is 6.23. The summed E-state index contributed by atoms with van der Waals surface area (Å²) < 4.78 is 15.2. The van der Waals surface area contributed by atoms with Gasteiger partial charge in [-0.2, -0.15) is 5.10 Å². The zero-order chi connectivity index (χ0) is 27.1. The molecule has 0 radical (unpaired) electrons. The van der Waals surface area contributed by atoms with Gasteiger partial charge in [0.15, 0.2) is 17.3 Å². The number of aromatic nitrogens is 7. The molecule has 5 heterocycles. The van der Waals surface area contributed by atoms with Crippen LogP contribution in [0, 0.1) is 11.2 Å². The first-order chi connectivity index (χ1) is 18.7. The molecule has 0 atom stereocenters. The number of carbonyl (C=O) groups excluding carboxylic acids is 1. The number of anilines is 1. The average molecular weight is 521 g/mol. The van der Waals surface area contributed by atoms with Gasteiger partial charge in [-0.3, -0.25) is 19.9 Å². The van der Waals surface area contributed by atoms with Gasteiger partial charge < -0.3 is 10.3 Å². The topological polar surface area (TPSA) is 125 Å². The van der Waals surface area contributed by atoms with Crippen LogP contribution in [0.2, 0.25) is 0 Å². The summed E-state index contributed by atoms with van der Waals surface area (Å²) in [7, 11) is 0. The number of H-pyrrole nitrogens is 2. The molecule has 1 aromatic carbocycles. The average Bonchev–Trinajstić information content (AvgIpc) is 3.52. The van der Waals surface area contributed by atoms with Crippen LogP contribution < -0.4 is 5.32 Å². The van der Waals surface area contributed by atoms with E-state index in [2.05, 4.69) is 40.4 Å². The molecule has 3 N–H and O–H groups in total. The van der Waals surface area contributed by atoms with Crippen molar-refractivity contribution >= 4 is 33.7 Å². The standard InChI is InChI=1S/C29H25FN8O/c1-29(2,3)13-23(39)34-18-10-17(14-31-15-18)16-11-20-24(21(30)12-16)37-38-26(20)28-35-25-19(7-9-33-27(25)36-28)22-6-4-5-8-32-22/h4-12,14-15H,13H2,1-3H3,(H,34,39)(H,37,38)(H,33,35,36). The predicted octanol–water partition coefficient (Wildman–Crippen LogP) is 6.14. The molecule has 0 aliphatic rings. The summed E-state index contributed by atoms with van der Waals surface area (Å²) in [5, 5.41) is 10.6. The van der Waals surface area contributed by atoms with Gasteiger partial charge in [0.2, 0.25) is 5.91 Å². The second-order valence-electron chi connectivity index (χ2n) is 10.6. The van der Waals surface area contributed by atoms with Gasteiger partial charge in [0.05, 0.1) is 23.1 Å². The summed E-state index contributed by atoms with van der Waals surface area (Å²) >= 11 is 0. The molecule has 1 amide bonds. The Morgan fingerprint density at radius 2 is 1.90 bits per heavy atom. The summed E-state index contributed by atoms with van der Waals surface area (Å²) in [6.45, 7) is 6.00. The first-order valence-electron chi connectivity index (χ1n) is 12.4.